The van der Waals surface area contributed by atoms with Crippen molar-refractivity contribution in [3.8, 4) is 0 Å². The van der Waals surface area contributed by atoms with Crippen LogP contribution in [-0.4, -0.2) is 5.84 Å². The Bertz CT molecular complexity index is 156. The third-order valence-corrected chi connectivity index (χ3v) is 0.898. The van der Waals surface area contributed by atoms with E-state index in [0.717, 1.165) is 0 Å². The van der Waals surface area contributed by atoms with Crippen LogP contribution in [-0.2, 0) is 0 Å². The van der Waals surface area contributed by atoms with Gasteiger partial charge >= 0.3 is 0 Å². The fourth-order valence-electron chi connectivity index (χ4n) is 0.445. The minimum absolute atomic E-state index is 0.0409. The van der Waals surface area contributed by atoms with Gasteiger partial charge < -0.3 is 11.5 Å². The van der Waals surface area contributed by atoms with Crippen LogP contribution in [0.5, 0.6) is 0 Å². The lowest BCUT2D eigenvalue weighted by Gasteiger charge is -1.93. The second-order valence-corrected chi connectivity index (χ2v) is 1.52. The first-order valence-corrected chi connectivity index (χ1v) is 2.61. The summed E-state index contributed by atoms with van der Waals surface area (Å²) in [5.41, 5.74) is 10.9. The summed E-state index contributed by atoms with van der Waals surface area (Å²) in [6.45, 7) is 1.80. The van der Waals surface area contributed by atoms with E-state index < -0.39 is 0 Å². The quantitative estimate of drug-likeness (QED) is 0.283. The van der Waals surface area contributed by atoms with Gasteiger partial charge in [-0.05, 0) is 19.2 Å². The smallest absolute Gasteiger partial charge is 0.122 e. The Hall–Kier alpha value is -1.25. The molecule has 0 aromatic carbocycles. The van der Waals surface area contributed by atoms with Crippen molar-refractivity contribution in [1.29, 1.82) is 5.41 Å². The lowest BCUT2D eigenvalue weighted by Crippen LogP contribution is -2.11. The molecule has 0 bridgehead atoms. The average Bonchev–Trinajstić information content (AvgIpc) is 1.82. The van der Waals surface area contributed by atoms with E-state index in [1.165, 1.54) is 6.20 Å². The second kappa shape index (κ2) is 3.72. The average molecular weight is 125 g/mol. The van der Waals surface area contributed by atoms with Crippen LogP contribution in [0, 0.1) is 5.41 Å². The summed E-state index contributed by atoms with van der Waals surface area (Å²) in [6.07, 6.45) is 4.67. The van der Waals surface area contributed by atoms with Crippen LogP contribution in [0.15, 0.2) is 23.9 Å². The zero-order valence-electron chi connectivity index (χ0n) is 5.39. The predicted molar refractivity (Wildman–Crippen MR) is 39.0 cm³/mol. The van der Waals surface area contributed by atoms with Crippen molar-refractivity contribution in [3.63, 3.8) is 0 Å². The summed E-state index contributed by atoms with van der Waals surface area (Å²) < 4.78 is 0. The molecule has 3 heteroatoms. The van der Waals surface area contributed by atoms with Crippen LogP contribution in [0.3, 0.4) is 0 Å². The molecule has 0 aromatic heterocycles. The molecule has 0 radical (unpaired) electrons. The summed E-state index contributed by atoms with van der Waals surface area (Å²) in [7, 11) is 0. The number of amidine groups is 1. The zero-order chi connectivity index (χ0) is 7.28. The molecule has 50 valence electrons. The Balaban J connectivity index is 4.19. The van der Waals surface area contributed by atoms with Crippen LogP contribution >= 0.6 is 0 Å². The van der Waals surface area contributed by atoms with Crippen molar-refractivity contribution >= 4 is 5.84 Å². The van der Waals surface area contributed by atoms with Gasteiger partial charge in [-0.25, -0.2) is 0 Å². The Labute approximate surface area is 54.5 Å². The van der Waals surface area contributed by atoms with Gasteiger partial charge in [-0.1, -0.05) is 6.08 Å². The zero-order valence-corrected chi connectivity index (χ0v) is 5.39. The minimum atomic E-state index is 0.0409. The van der Waals surface area contributed by atoms with Gasteiger partial charge in [-0.15, -0.1) is 0 Å². The van der Waals surface area contributed by atoms with Crippen LogP contribution < -0.4 is 11.5 Å². The monoisotopic (exact) mass is 125 g/mol. The van der Waals surface area contributed by atoms with Crippen molar-refractivity contribution in [2.75, 3.05) is 0 Å². The summed E-state index contributed by atoms with van der Waals surface area (Å²) in [5.74, 6) is 0.0409. The van der Waals surface area contributed by atoms with Crippen molar-refractivity contribution in [2.45, 2.75) is 6.92 Å². The van der Waals surface area contributed by atoms with Gasteiger partial charge in [-0.2, -0.15) is 0 Å². The molecule has 0 spiro atoms. The third-order valence-electron chi connectivity index (χ3n) is 0.898. The molecule has 0 aromatic rings. The van der Waals surface area contributed by atoms with Crippen LogP contribution in [0.1, 0.15) is 6.92 Å². The molecule has 0 rings (SSSR count). The Morgan fingerprint density at radius 3 is 2.22 bits per heavy atom. The lowest BCUT2D eigenvalue weighted by molar-refractivity contribution is 1.41. The number of allylic oxidation sites excluding steroid dienone is 1. The van der Waals surface area contributed by atoms with Crippen molar-refractivity contribution in [3.05, 3.63) is 23.9 Å². The fourth-order valence-corrected chi connectivity index (χ4v) is 0.445. The van der Waals surface area contributed by atoms with Crippen molar-refractivity contribution < 1.29 is 0 Å². The molecule has 0 aliphatic carbocycles. The maximum absolute atomic E-state index is 6.96. The maximum Gasteiger partial charge on any atom is 0.122 e. The first kappa shape index (κ1) is 7.75. The largest absolute Gasteiger partial charge is 0.405 e. The van der Waals surface area contributed by atoms with Gasteiger partial charge in [0.2, 0.25) is 0 Å². The maximum atomic E-state index is 6.96. The highest BCUT2D eigenvalue weighted by Crippen LogP contribution is 1.92. The molecule has 0 aliphatic heterocycles. The fraction of sp³-hybridized carbons (Fsp3) is 0.167. The van der Waals surface area contributed by atoms with E-state index in [1.54, 1.807) is 19.1 Å². The third kappa shape index (κ3) is 2.54. The Morgan fingerprint density at radius 2 is 2.11 bits per heavy atom. The topological polar surface area (TPSA) is 75.9 Å². The molecule has 9 heavy (non-hydrogen) atoms. The molecule has 0 fully saturated rings. The van der Waals surface area contributed by atoms with Crippen molar-refractivity contribution in [2.24, 2.45) is 11.5 Å². The number of nitrogens with one attached hydrogen (secondary N) is 1. The Kier molecular flexibility index (Phi) is 3.20. The Morgan fingerprint density at radius 1 is 1.56 bits per heavy atom. The van der Waals surface area contributed by atoms with E-state index >= 15 is 0 Å². The van der Waals surface area contributed by atoms with Gasteiger partial charge in [0.1, 0.15) is 5.84 Å². The molecule has 3 nitrogen and oxygen atoms in total. The van der Waals surface area contributed by atoms with Gasteiger partial charge in [0.05, 0.1) is 0 Å². The lowest BCUT2D eigenvalue weighted by atomic mass is 10.2. The first-order valence-electron chi connectivity index (χ1n) is 2.61. The highest BCUT2D eigenvalue weighted by Gasteiger charge is 1.90. The molecule has 0 saturated carbocycles. The molecular weight excluding hydrogens is 114 g/mol. The molecule has 0 unspecified atom stereocenters. The SMILES string of the molecule is C/C=C(\C=C/N)C(=N)N. The van der Waals surface area contributed by atoms with Crippen LogP contribution in [0.25, 0.3) is 0 Å². The number of hydrogen-bond donors (Lipinski definition) is 3. The molecule has 0 saturated heterocycles. The van der Waals surface area contributed by atoms with Gasteiger partial charge in [0.15, 0.2) is 0 Å². The minimum Gasteiger partial charge on any atom is -0.405 e. The normalized spacial score (nSPS) is 12.3. The summed E-state index contributed by atoms with van der Waals surface area (Å²) >= 11 is 0. The number of hydrogen-bond acceptors (Lipinski definition) is 2. The van der Waals surface area contributed by atoms with Gasteiger partial charge in [0.25, 0.3) is 0 Å². The summed E-state index contributed by atoms with van der Waals surface area (Å²) in [6, 6.07) is 0. The van der Waals surface area contributed by atoms with E-state index in [-0.39, 0.29) is 5.84 Å². The van der Waals surface area contributed by atoms with E-state index in [4.69, 9.17) is 16.9 Å². The summed E-state index contributed by atoms with van der Waals surface area (Å²) in [5, 5.41) is 6.96. The highest BCUT2D eigenvalue weighted by atomic mass is 14.7. The predicted octanol–water partition coefficient (Wildman–Crippen LogP) is 0.341. The molecule has 5 N–H and O–H groups in total. The molecule has 0 heterocycles. The van der Waals surface area contributed by atoms with E-state index in [9.17, 15) is 0 Å². The van der Waals surface area contributed by atoms with Gasteiger partial charge in [0, 0.05) is 5.57 Å². The molecule has 0 aliphatic rings. The second-order valence-electron chi connectivity index (χ2n) is 1.52. The van der Waals surface area contributed by atoms with Crippen molar-refractivity contribution in [1.82, 2.24) is 0 Å². The van der Waals surface area contributed by atoms with Gasteiger partial charge in [-0.3, -0.25) is 5.41 Å². The van der Waals surface area contributed by atoms with E-state index in [2.05, 4.69) is 0 Å². The van der Waals surface area contributed by atoms with E-state index in [1.807, 2.05) is 0 Å². The van der Waals surface area contributed by atoms with Crippen LogP contribution in [0.4, 0.5) is 0 Å². The molecule has 0 atom stereocenters. The number of rotatable bonds is 2. The van der Waals surface area contributed by atoms with Crippen LogP contribution in [0.2, 0.25) is 0 Å². The standard InChI is InChI=1S/C6H11N3/c1-2-5(3-4-7)6(8)9/h2-4H,7H2,1H3,(H3,8,9)/b4-3-,5-2+. The summed E-state index contributed by atoms with van der Waals surface area (Å²) in [4.78, 5) is 0. The van der Waals surface area contributed by atoms with E-state index in [0.29, 0.717) is 5.57 Å². The first-order chi connectivity index (χ1) is 4.22. The highest BCUT2D eigenvalue weighted by molar-refractivity contribution is 5.96. The molecular formula is C6H11N3. The molecule has 0 amide bonds. The number of nitrogens with two attached hydrogens (primary N) is 2.